The molecule has 0 aliphatic heterocycles. The van der Waals surface area contributed by atoms with Gasteiger partial charge in [-0.2, -0.15) is 22.0 Å². The van der Waals surface area contributed by atoms with E-state index < -0.39 is 35.7 Å². The second kappa shape index (κ2) is 7.52. The third-order valence-electron chi connectivity index (χ3n) is 2.55. The first-order chi connectivity index (χ1) is 10.9. The SMILES string of the molecule is CCOC(=O)C(Oc1ccc(Cl)c(Cl)c1)C(=O)C(F)(F)C(F)(F)F. The predicted octanol–water partition coefficient (Wildman–Crippen LogP) is 4.07. The normalized spacial score (nSPS) is 13.3. The number of ketones is 1. The van der Waals surface area contributed by atoms with Gasteiger partial charge in [0.25, 0.3) is 11.9 Å². The van der Waals surface area contributed by atoms with Gasteiger partial charge in [-0.1, -0.05) is 23.2 Å². The number of hydrogen-bond acceptors (Lipinski definition) is 4. The van der Waals surface area contributed by atoms with E-state index in [2.05, 4.69) is 9.47 Å². The standard InChI is InChI=1S/C13H9Cl2F5O4/c1-2-23-11(22)9(10(21)12(16,17)13(18,19)20)24-6-3-4-7(14)8(15)5-6/h3-5,9H,2H2,1H3. The molecule has 0 N–H and O–H groups in total. The lowest BCUT2D eigenvalue weighted by Crippen LogP contribution is -2.53. The average Bonchev–Trinajstić information content (AvgIpc) is 2.46. The monoisotopic (exact) mass is 394 g/mol. The first-order valence-electron chi connectivity index (χ1n) is 6.19. The van der Waals surface area contributed by atoms with Crippen molar-refractivity contribution in [1.29, 1.82) is 0 Å². The predicted molar refractivity (Wildman–Crippen MR) is 73.5 cm³/mol. The third-order valence-corrected chi connectivity index (χ3v) is 3.29. The third kappa shape index (κ3) is 4.47. The van der Waals surface area contributed by atoms with Crippen LogP contribution in [-0.4, -0.2) is 36.6 Å². The van der Waals surface area contributed by atoms with E-state index in [4.69, 9.17) is 23.2 Å². The van der Waals surface area contributed by atoms with E-state index in [0.29, 0.717) is 0 Å². The summed E-state index contributed by atoms with van der Waals surface area (Å²) in [6.07, 6.45) is -9.03. The van der Waals surface area contributed by atoms with Gasteiger partial charge < -0.3 is 9.47 Å². The average molecular weight is 395 g/mol. The highest BCUT2D eigenvalue weighted by atomic mass is 35.5. The van der Waals surface area contributed by atoms with Gasteiger partial charge in [0, 0.05) is 6.07 Å². The molecule has 11 heteroatoms. The largest absolute Gasteiger partial charge is 0.470 e. The molecule has 134 valence electrons. The van der Waals surface area contributed by atoms with Crippen LogP contribution in [0.15, 0.2) is 18.2 Å². The summed E-state index contributed by atoms with van der Waals surface area (Å²) in [6, 6.07) is 3.10. The highest BCUT2D eigenvalue weighted by molar-refractivity contribution is 6.42. The number of benzene rings is 1. The van der Waals surface area contributed by atoms with E-state index in [-0.39, 0.29) is 16.7 Å². The van der Waals surface area contributed by atoms with Crippen LogP contribution in [-0.2, 0) is 14.3 Å². The molecule has 0 radical (unpaired) electrons. The molecule has 0 saturated carbocycles. The molecule has 1 rings (SSSR count). The first kappa shape index (κ1) is 20.4. The molecule has 1 atom stereocenters. The van der Waals surface area contributed by atoms with E-state index in [0.717, 1.165) is 18.2 Å². The second-order valence-corrected chi connectivity index (χ2v) is 5.08. The van der Waals surface area contributed by atoms with Gasteiger partial charge in [0.15, 0.2) is 0 Å². The van der Waals surface area contributed by atoms with Crippen molar-refractivity contribution >= 4 is 35.0 Å². The van der Waals surface area contributed by atoms with Crippen LogP contribution < -0.4 is 4.74 Å². The molecule has 0 heterocycles. The first-order valence-corrected chi connectivity index (χ1v) is 6.94. The maximum atomic E-state index is 13.2. The van der Waals surface area contributed by atoms with E-state index in [1.807, 2.05) is 0 Å². The molecule has 0 bridgehead atoms. The molecular formula is C13H9Cl2F5O4. The summed E-state index contributed by atoms with van der Waals surface area (Å²) in [7, 11) is 0. The zero-order valence-corrected chi connectivity index (χ0v) is 13.3. The molecule has 0 spiro atoms. The van der Waals surface area contributed by atoms with Gasteiger partial charge in [0.05, 0.1) is 16.7 Å². The fraction of sp³-hybridized carbons (Fsp3) is 0.385. The Labute approximate surface area is 142 Å². The van der Waals surface area contributed by atoms with Crippen molar-refractivity contribution in [3.8, 4) is 5.75 Å². The van der Waals surface area contributed by atoms with Crippen LogP contribution in [0.5, 0.6) is 5.75 Å². The van der Waals surface area contributed by atoms with Crippen molar-refractivity contribution in [2.24, 2.45) is 0 Å². The number of Topliss-reactive ketones (excluding diaryl/α,β-unsaturated/α-hetero) is 1. The molecule has 0 aliphatic carbocycles. The lowest BCUT2D eigenvalue weighted by atomic mass is 10.1. The van der Waals surface area contributed by atoms with Crippen LogP contribution in [0.25, 0.3) is 0 Å². The fourth-order valence-electron chi connectivity index (χ4n) is 1.42. The summed E-state index contributed by atoms with van der Waals surface area (Å²) in [4.78, 5) is 23.1. The van der Waals surface area contributed by atoms with Gasteiger partial charge in [0.1, 0.15) is 5.75 Å². The maximum Gasteiger partial charge on any atom is 0.461 e. The zero-order chi connectivity index (χ0) is 18.7. The number of carbonyl (C=O) groups excluding carboxylic acids is 2. The Hall–Kier alpha value is -1.61. The van der Waals surface area contributed by atoms with Gasteiger partial charge in [-0.05, 0) is 19.1 Å². The molecule has 1 aromatic carbocycles. The summed E-state index contributed by atoms with van der Waals surface area (Å²) in [5.41, 5.74) is 0. The van der Waals surface area contributed by atoms with Crippen molar-refractivity contribution in [1.82, 2.24) is 0 Å². The summed E-state index contributed by atoms with van der Waals surface area (Å²) in [6.45, 7) is 0.894. The summed E-state index contributed by atoms with van der Waals surface area (Å²) < 4.78 is 72.4. The Bertz CT molecular complexity index is 633. The van der Waals surface area contributed by atoms with Crippen LogP contribution in [0.4, 0.5) is 22.0 Å². The molecule has 0 saturated heterocycles. The molecule has 0 aromatic heterocycles. The lowest BCUT2D eigenvalue weighted by Gasteiger charge is -2.23. The van der Waals surface area contributed by atoms with Crippen LogP contribution >= 0.6 is 23.2 Å². The molecule has 1 aromatic rings. The van der Waals surface area contributed by atoms with Crippen molar-refractivity contribution < 1.29 is 41.0 Å². The zero-order valence-electron chi connectivity index (χ0n) is 11.8. The number of halogens is 7. The topological polar surface area (TPSA) is 52.6 Å². The second-order valence-electron chi connectivity index (χ2n) is 4.26. The van der Waals surface area contributed by atoms with Gasteiger partial charge in [-0.25, -0.2) is 4.79 Å². The number of hydrogen-bond donors (Lipinski definition) is 0. The highest BCUT2D eigenvalue weighted by Crippen LogP contribution is 2.38. The molecule has 1 unspecified atom stereocenters. The van der Waals surface area contributed by atoms with E-state index in [1.54, 1.807) is 0 Å². The number of alkyl halides is 5. The van der Waals surface area contributed by atoms with E-state index >= 15 is 0 Å². The summed E-state index contributed by atoms with van der Waals surface area (Å²) in [5.74, 6) is -10.7. The van der Waals surface area contributed by atoms with Crippen molar-refractivity contribution in [2.45, 2.75) is 25.1 Å². The van der Waals surface area contributed by atoms with E-state index in [1.165, 1.54) is 6.92 Å². The number of carbonyl (C=O) groups is 2. The number of ether oxygens (including phenoxy) is 2. The molecular weight excluding hydrogens is 386 g/mol. The quantitative estimate of drug-likeness (QED) is 0.414. The van der Waals surface area contributed by atoms with Crippen molar-refractivity contribution in [3.05, 3.63) is 28.2 Å². The minimum atomic E-state index is -6.20. The van der Waals surface area contributed by atoms with Crippen LogP contribution in [0.1, 0.15) is 6.92 Å². The number of rotatable bonds is 6. The minimum Gasteiger partial charge on any atom is -0.470 e. The van der Waals surface area contributed by atoms with Gasteiger partial charge in [-0.3, -0.25) is 4.79 Å². The van der Waals surface area contributed by atoms with Gasteiger partial charge in [-0.15, -0.1) is 0 Å². The van der Waals surface area contributed by atoms with Gasteiger partial charge >= 0.3 is 18.1 Å². The summed E-state index contributed by atoms with van der Waals surface area (Å²) in [5, 5.41) is -0.101. The summed E-state index contributed by atoms with van der Waals surface area (Å²) >= 11 is 11.2. The molecule has 24 heavy (non-hydrogen) atoms. The Balaban J connectivity index is 3.19. The smallest absolute Gasteiger partial charge is 0.461 e. The number of esters is 1. The Morgan fingerprint density at radius 3 is 2.17 bits per heavy atom. The molecule has 0 amide bonds. The van der Waals surface area contributed by atoms with Crippen molar-refractivity contribution in [2.75, 3.05) is 6.61 Å². The van der Waals surface area contributed by atoms with Gasteiger partial charge in [0.2, 0.25) is 0 Å². The highest BCUT2D eigenvalue weighted by Gasteiger charge is 2.66. The molecule has 0 aliphatic rings. The van der Waals surface area contributed by atoms with E-state index in [9.17, 15) is 31.5 Å². The minimum absolute atomic E-state index is 0.0312. The van der Waals surface area contributed by atoms with Crippen molar-refractivity contribution in [3.63, 3.8) is 0 Å². The maximum absolute atomic E-state index is 13.2. The lowest BCUT2D eigenvalue weighted by molar-refractivity contribution is -0.271. The van der Waals surface area contributed by atoms with Crippen LogP contribution in [0.3, 0.4) is 0 Å². The molecule has 4 nitrogen and oxygen atoms in total. The Kier molecular flexibility index (Phi) is 6.40. The Morgan fingerprint density at radius 1 is 1.12 bits per heavy atom. The van der Waals surface area contributed by atoms with Crippen LogP contribution in [0.2, 0.25) is 10.0 Å². The van der Waals surface area contributed by atoms with Crippen LogP contribution in [0, 0.1) is 0 Å². The Morgan fingerprint density at radius 2 is 1.71 bits per heavy atom. The fourth-order valence-corrected chi connectivity index (χ4v) is 1.71. The molecule has 0 fully saturated rings.